The first-order valence-corrected chi connectivity index (χ1v) is 5.75. The lowest BCUT2D eigenvalue weighted by atomic mass is 9.92. The summed E-state index contributed by atoms with van der Waals surface area (Å²) < 4.78 is 0. The molecule has 7 nitrogen and oxygen atoms in total. The largest absolute Gasteiger partial charge is 0.481 e. The molecule has 4 N–H and O–H groups in total. The fraction of sp³-hybridized carbons (Fsp3) is 0.727. The molecule has 0 aromatic carbocycles. The van der Waals surface area contributed by atoms with Crippen LogP contribution in [0.15, 0.2) is 0 Å². The highest BCUT2D eigenvalue weighted by Gasteiger charge is 2.26. The smallest absolute Gasteiger partial charge is 0.314 e. The first-order chi connectivity index (χ1) is 8.29. The number of carboxylic acid groups (broad SMARTS) is 1. The van der Waals surface area contributed by atoms with Crippen molar-refractivity contribution in [1.29, 1.82) is 0 Å². The van der Waals surface area contributed by atoms with Gasteiger partial charge in [0.1, 0.15) is 0 Å². The minimum Gasteiger partial charge on any atom is -0.481 e. The Kier molecular flexibility index (Phi) is 6.77. The minimum atomic E-state index is -0.891. The van der Waals surface area contributed by atoms with Gasteiger partial charge in [-0.05, 0) is 20.3 Å². The van der Waals surface area contributed by atoms with Gasteiger partial charge in [-0.1, -0.05) is 0 Å². The van der Waals surface area contributed by atoms with Gasteiger partial charge in [0.15, 0.2) is 0 Å². The summed E-state index contributed by atoms with van der Waals surface area (Å²) in [7, 11) is 1.54. The third-order valence-electron chi connectivity index (χ3n) is 2.39. The summed E-state index contributed by atoms with van der Waals surface area (Å²) in [5, 5.41) is 16.0. The minimum absolute atomic E-state index is 0.0179. The standard InChI is InChI=1S/C11H21N3O4/c1-11(2,9(17)12-3)7-14-10(18)13-6-4-5-8(15)16/h4-7H2,1-3H3,(H,12,17)(H,15,16)(H2,13,14,18). The Balaban J connectivity index is 3.83. The molecule has 0 heterocycles. The van der Waals surface area contributed by atoms with Crippen molar-refractivity contribution >= 4 is 17.9 Å². The van der Waals surface area contributed by atoms with Gasteiger partial charge < -0.3 is 21.1 Å². The van der Waals surface area contributed by atoms with Gasteiger partial charge in [0.05, 0.1) is 5.41 Å². The highest BCUT2D eigenvalue weighted by Crippen LogP contribution is 2.12. The summed E-state index contributed by atoms with van der Waals surface area (Å²) in [6.07, 6.45) is 0.394. The van der Waals surface area contributed by atoms with E-state index in [2.05, 4.69) is 16.0 Å². The van der Waals surface area contributed by atoms with E-state index in [-0.39, 0.29) is 18.9 Å². The van der Waals surface area contributed by atoms with Crippen LogP contribution < -0.4 is 16.0 Å². The summed E-state index contributed by atoms with van der Waals surface area (Å²) in [6.45, 7) is 3.93. The van der Waals surface area contributed by atoms with Crippen LogP contribution in [0.1, 0.15) is 26.7 Å². The Labute approximate surface area is 106 Å². The molecule has 0 aliphatic carbocycles. The fourth-order valence-corrected chi connectivity index (χ4v) is 1.22. The van der Waals surface area contributed by atoms with Crippen LogP contribution in [0.2, 0.25) is 0 Å². The zero-order valence-electron chi connectivity index (χ0n) is 11.0. The zero-order chi connectivity index (χ0) is 14.2. The molecule has 0 spiro atoms. The van der Waals surface area contributed by atoms with E-state index >= 15 is 0 Å². The van der Waals surface area contributed by atoms with Crippen LogP contribution in [-0.4, -0.2) is 43.2 Å². The van der Waals surface area contributed by atoms with Crippen LogP contribution in [0.5, 0.6) is 0 Å². The lowest BCUT2D eigenvalue weighted by Gasteiger charge is -2.22. The van der Waals surface area contributed by atoms with Gasteiger partial charge in [0, 0.05) is 26.6 Å². The molecule has 0 saturated carbocycles. The van der Waals surface area contributed by atoms with Gasteiger partial charge in [0.2, 0.25) is 5.91 Å². The average molecular weight is 259 g/mol. The zero-order valence-corrected chi connectivity index (χ0v) is 11.0. The highest BCUT2D eigenvalue weighted by atomic mass is 16.4. The average Bonchev–Trinajstić information content (AvgIpc) is 2.30. The number of carbonyl (C=O) groups is 3. The predicted octanol–water partition coefficient (Wildman–Crippen LogP) is -0.0774. The van der Waals surface area contributed by atoms with Crippen LogP contribution >= 0.6 is 0 Å². The van der Waals surface area contributed by atoms with Gasteiger partial charge in [0.25, 0.3) is 0 Å². The van der Waals surface area contributed by atoms with Gasteiger partial charge in [-0.3, -0.25) is 9.59 Å². The Morgan fingerprint density at radius 1 is 1.17 bits per heavy atom. The van der Waals surface area contributed by atoms with Crippen molar-refractivity contribution in [2.45, 2.75) is 26.7 Å². The van der Waals surface area contributed by atoms with E-state index in [1.54, 1.807) is 13.8 Å². The molecule has 0 aromatic rings. The molecule has 0 radical (unpaired) electrons. The van der Waals surface area contributed by atoms with Crippen molar-refractivity contribution in [2.24, 2.45) is 5.41 Å². The van der Waals surface area contributed by atoms with E-state index in [0.717, 1.165) is 0 Å². The molecule has 7 heteroatoms. The Morgan fingerprint density at radius 3 is 2.28 bits per heavy atom. The second-order valence-electron chi connectivity index (χ2n) is 4.57. The van der Waals surface area contributed by atoms with E-state index in [9.17, 15) is 14.4 Å². The molecular weight excluding hydrogens is 238 g/mol. The molecule has 0 rings (SSSR count). The third-order valence-corrected chi connectivity index (χ3v) is 2.39. The first kappa shape index (κ1) is 16.2. The van der Waals surface area contributed by atoms with E-state index in [1.165, 1.54) is 7.05 Å². The predicted molar refractivity (Wildman–Crippen MR) is 66.1 cm³/mol. The molecule has 0 atom stereocenters. The van der Waals surface area contributed by atoms with Crippen molar-refractivity contribution in [3.8, 4) is 0 Å². The molecule has 18 heavy (non-hydrogen) atoms. The molecule has 0 unspecified atom stereocenters. The summed E-state index contributed by atoms with van der Waals surface area (Å²) >= 11 is 0. The van der Waals surface area contributed by atoms with E-state index in [4.69, 9.17) is 5.11 Å². The molecule has 104 valence electrons. The number of urea groups is 1. The van der Waals surface area contributed by atoms with E-state index in [0.29, 0.717) is 13.0 Å². The number of amides is 3. The van der Waals surface area contributed by atoms with Crippen molar-refractivity contribution in [1.82, 2.24) is 16.0 Å². The van der Waals surface area contributed by atoms with E-state index in [1.807, 2.05) is 0 Å². The summed E-state index contributed by atoms with van der Waals surface area (Å²) in [5.74, 6) is -1.05. The maximum Gasteiger partial charge on any atom is 0.314 e. The third kappa shape index (κ3) is 6.72. The normalized spacial score (nSPS) is 10.6. The molecular formula is C11H21N3O4. The Morgan fingerprint density at radius 2 is 1.78 bits per heavy atom. The van der Waals surface area contributed by atoms with Crippen LogP contribution in [0, 0.1) is 5.41 Å². The maximum absolute atomic E-state index is 11.4. The van der Waals surface area contributed by atoms with Gasteiger partial charge >= 0.3 is 12.0 Å². The number of hydrogen-bond acceptors (Lipinski definition) is 3. The summed E-state index contributed by atoms with van der Waals surface area (Å²) in [5.41, 5.74) is -0.687. The lowest BCUT2D eigenvalue weighted by Crippen LogP contribution is -2.46. The summed E-state index contributed by atoms with van der Waals surface area (Å²) in [4.78, 5) is 33.0. The first-order valence-electron chi connectivity index (χ1n) is 5.75. The quantitative estimate of drug-likeness (QED) is 0.480. The molecule has 0 aliphatic rings. The van der Waals surface area contributed by atoms with Crippen LogP contribution in [-0.2, 0) is 9.59 Å². The highest BCUT2D eigenvalue weighted by molar-refractivity contribution is 5.82. The molecule has 0 aromatic heterocycles. The second kappa shape index (κ2) is 7.52. The molecule has 0 saturated heterocycles. The number of hydrogen-bond donors (Lipinski definition) is 4. The number of aliphatic carboxylic acids is 1. The van der Waals surface area contributed by atoms with Crippen molar-refractivity contribution < 1.29 is 19.5 Å². The van der Waals surface area contributed by atoms with Crippen molar-refractivity contribution in [3.05, 3.63) is 0 Å². The van der Waals surface area contributed by atoms with Crippen LogP contribution in [0.3, 0.4) is 0 Å². The topological polar surface area (TPSA) is 108 Å². The van der Waals surface area contributed by atoms with Crippen LogP contribution in [0.4, 0.5) is 4.79 Å². The SMILES string of the molecule is CNC(=O)C(C)(C)CNC(=O)NCCCC(=O)O. The van der Waals surface area contributed by atoms with Gasteiger partial charge in [-0.15, -0.1) is 0 Å². The van der Waals surface area contributed by atoms with Crippen molar-refractivity contribution in [2.75, 3.05) is 20.1 Å². The molecule has 0 bridgehead atoms. The monoisotopic (exact) mass is 259 g/mol. The van der Waals surface area contributed by atoms with E-state index < -0.39 is 17.4 Å². The Hall–Kier alpha value is -1.79. The lowest BCUT2D eigenvalue weighted by molar-refractivity contribution is -0.137. The number of rotatable bonds is 7. The molecule has 3 amide bonds. The molecule has 0 fully saturated rings. The summed E-state index contributed by atoms with van der Waals surface area (Å²) in [6, 6.07) is -0.405. The maximum atomic E-state index is 11.4. The number of carbonyl (C=O) groups excluding carboxylic acids is 2. The Bertz CT molecular complexity index is 315. The number of nitrogens with one attached hydrogen (secondary N) is 3. The van der Waals surface area contributed by atoms with Crippen LogP contribution in [0.25, 0.3) is 0 Å². The molecule has 0 aliphatic heterocycles. The fourth-order valence-electron chi connectivity index (χ4n) is 1.22. The second-order valence-corrected chi connectivity index (χ2v) is 4.57. The van der Waals surface area contributed by atoms with Gasteiger partial charge in [-0.25, -0.2) is 4.79 Å². The van der Waals surface area contributed by atoms with Gasteiger partial charge in [-0.2, -0.15) is 0 Å². The number of carboxylic acids is 1. The van der Waals surface area contributed by atoms with Crippen molar-refractivity contribution in [3.63, 3.8) is 0 Å².